The zero-order valence-corrected chi connectivity index (χ0v) is 14.5. The van der Waals surface area contributed by atoms with Crippen molar-refractivity contribution in [1.82, 2.24) is 0 Å². The molecule has 2 heteroatoms. The van der Waals surface area contributed by atoms with Crippen molar-refractivity contribution < 1.29 is 9.90 Å². The Balaban J connectivity index is 1.71. The van der Waals surface area contributed by atoms with Gasteiger partial charge >= 0.3 is 0 Å². The molecule has 0 heterocycles. The molecule has 0 unspecified atom stereocenters. The van der Waals surface area contributed by atoms with Crippen molar-refractivity contribution >= 4 is 5.78 Å². The summed E-state index contributed by atoms with van der Waals surface area (Å²) in [6, 6.07) is 0. The monoisotopic (exact) mass is 304 g/mol. The van der Waals surface area contributed by atoms with E-state index in [9.17, 15) is 9.90 Å². The van der Waals surface area contributed by atoms with Crippen molar-refractivity contribution in [2.24, 2.45) is 39.9 Å². The fourth-order valence-corrected chi connectivity index (χ4v) is 7.83. The Morgan fingerprint density at radius 3 is 2.55 bits per heavy atom. The van der Waals surface area contributed by atoms with E-state index in [2.05, 4.69) is 20.8 Å². The topological polar surface area (TPSA) is 37.3 Å². The second-order valence-electron chi connectivity index (χ2n) is 9.85. The normalized spacial score (nSPS) is 53.0. The minimum absolute atomic E-state index is 0.125. The van der Waals surface area contributed by atoms with Crippen LogP contribution in [0.3, 0.4) is 0 Å². The van der Waals surface area contributed by atoms with Crippen LogP contribution >= 0.6 is 0 Å². The van der Waals surface area contributed by atoms with E-state index in [1.54, 1.807) is 0 Å². The van der Waals surface area contributed by atoms with Gasteiger partial charge in [0.25, 0.3) is 0 Å². The smallest absolute Gasteiger partial charge is 0.138 e. The van der Waals surface area contributed by atoms with E-state index in [4.69, 9.17) is 0 Å². The van der Waals surface area contributed by atoms with Crippen LogP contribution in [-0.4, -0.2) is 17.5 Å². The Bertz CT molecular complexity index is 496. The molecular weight excluding hydrogens is 272 g/mol. The summed E-state index contributed by atoms with van der Waals surface area (Å²) in [5.74, 6) is 3.20. The predicted molar refractivity (Wildman–Crippen MR) is 87.3 cm³/mol. The van der Waals surface area contributed by atoms with E-state index < -0.39 is 0 Å². The molecule has 0 aromatic rings. The van der Waals surface area contributed by atoms with Crippen molar-refractivity contribution in [3.8, 4) is 0 Å². The van der Waals surface area contributed by atoms with Gasteiger partial charge in [-0.2, -0.15) is 0 Å². The first-order valence-electron chi connectivity index (χ1n) is 9.48. The number of hydrogen-bond acceptors (Lipinski definition) is 2. The number of rotatable bonds is 1. The maximum absolute atomic E-state index is 12.5. The van der Waals surface area contributed by atoms with Crippen LogP contribution in [0.15, 0.2) is 0 Å². The summed E-state index contributed by atoms with van der Waals surface area (Å²) in [7, 11) is 0. The highest BCUT2D eigenvalue weighted by Gasteiger charge is 2.65. The molecule has 22 heavy (non-hydrogen) atoms. The lowest BCUT2D eigenvalue weighted by Crippen LogP contribution is -2.58. The summed E-state index contributed by atoms with van der Waals surface area (Å²) < 4.78 is 0. The van der Waals surface area contributed by atoms with Crippen molar-refractivity contribution in [1.29, 1.82) is 0 Å². The molecule has 1 N–H and O–H groups in total. The van der Waals surface area contributed by atoms with Crippen LogP contribution in [-0.2, 0) is 4.79 Å². The van der Waals surface area contributed by atoms with E-state index >= 15 is 0 Å². The van der Waals surface area contributed by atoms with Gasteiger partial charge in [-0.25, -0.2) is 0 Å². The molecule has 124 valence electrons. The molecule has 4 saturated carbocycles. The number of carbonyl (C=O) groups is 1. The highest BCUT2D eigenvalue weighted by molar-refractivity contribution is 5.85. The average Bonchev–Trinajstić information content (AvgIpc) is 2.74. The number of ketones is 1. The summed E-state index contributed by atoms with van der Waals surface area (Å²) in [5.41, 5.74) is 0.726. The van der Waals surface area contributed by atoms with E-state index in [0.717, 1.165) is 24.7 Å². The maximum atomic E-state index is 12.5. The molecule has 4 aliphatic rings. The zero-order valence-electron chi connectivity index (χ0n) is 14.5. The first kappa shape index (κ1) is 15.2. The third-order valence-electron chi connectivity index (χ3n) is 8.81. The van der Waals surface area contributed by atoms with Gasteiger partial charge in [-0.15, -0.1) is 0 Å². The van der Waals surface area contributed by atoms with Crippen LogP contribution < -0.4 is 0 Å². The molecule has 0 amide bonds. The Kier molecular flexibility index (Phi) is 3.16. The summed E-state index contributed by atoms with van der Waals surface area (Å²) in [6.07, 6.45) is 9.72. The van der Waals surface area contributed by atoms with Crippen LogP contribution in [0.25, 0.3) is 0 Å². The van der Waals surface area contributed by atoms with Crippen LogP contribution in [0.1, 0.15) is 72.1 Å². The predicted octanol–water partition coefficient (Wildman–Crippen LogP) is 4.21. The lowest BCUT2D eigenvalue weighted by Gasteiger charge is -2.63. The summed E-state index contributed by atoms with van der Waals surface area (Å²) >= 11 is 0. The molecule has 4 fully saturated rings. The lowest BCUT2D eigenvalue weighted by atomic mass is 9.41. The van der Waals surface area contributed by atoms with Gasteiger partial charge in [0.1, 0.15) is 5.78 Å². The Hall–Kier alpha value is -0.370. The molecule has 4 rings (SSSR count). The highest BCUT2D eigenvalue weighted by atomic mass is 16.3. The van der Waals surface area contributed by atoms with Gasteiger partial charge in [0.05, 0.1) is 0 Å². The Labute approximate surface area is 135 Å². The molecule has 6 atom stereocenters. The van der Waals surface area contributed by atoms with Crippen LogP contribution in [0.2, 0.25) is 0 Å². The number of aliphatic hydroxyl groups is 1. The third kappa shape index (κ3) is 1.74. The number of hydrogen-bond donors (Lipinski definition) is 1. The Morgan fingerprint density at radius 2 is 1.82 bits per heavy atom. The largest absolute Gasteiger partial charge is 0.396 e. The van der Waals surface area contributed by atoms with Gasteiger partial charge in [0, 0.05) is 18.4 Å². The SMILES string of the molecule is CC1(C)C(=O)CC[C@@]2(C)[C@H]1CC[C@@]13C[C@@H](CO)[C@H](CC[C@@H]12)C3. The molecule has 2 nitrogen and oxygen atoms in total. The molecule has 2 bridgehead atoms. The average molecular weight is 304 g/mol. The summed E-state index contributed by atoms with van der Waals surface area (Å²) in [4.78, 5) is 12.5. The van der Waals surface area contributed by atoms with Gasteiger partial charge in [0.15, 0.2) is 0 Å². The number of fused-ring (bicyclic) bond motifs is 3. The van der Waals surface area contributed by atoms with Crippen LogP contribution in [0.5, 0.6) is 0 Å². The van der Waals surface area contributed by atoms with E-state index in [0.29, 0.717) is 35.1 Å². The van der Waals surface area contributed by atoms with Crippen LogP contribution in [0.4, 0.5) is 0 Å². The minimum Gasteiger partial charge on any atom is -0.396 e. The standard InChI is InChI=1S/C20H32O2/c1-18(2)15-6-9-20-10-13(14(11-20)12-21)4-5-16(20)19(15,3)8-7-17(18)22/h13-16,21H,4-12H2,1-3H3/t13-,14+,15+,16-,19+,20-/m1/s1. The fourth-order valence-electron chi connectivity index (χ4n) is 7.83. The maximum Gasteiger partial charge on any atom is 0.138 e. The minimum atomic E-state index is -0.125. The Morgan fingerprint density at radius 1 is 1.05 bits per heavy atom. The first-order chi connectivity index (χ1) is 10.3. The molecule has 0 aromatic heterocycles. The van der Waals surface area contributed by atoms with Crippen molar-refractivity contribution in [2.45, 2.75) is 72.1 Å². The molecule has 0 aliphatic heterocycles. The molecular formula is C20H32O2. The van der Waals surface area contributed by atoms with Gasteiger partial charge < -0.3 is 5.11 Å². The van der Waals surface area contributed by atoms with Crippen molar-refractivity contribution in [2.75, 3.05) is 6.61 Å². The quantitative estimate of drug-likeness (QED) is 0.788. The molecule has 1 spiro atoms. The number of carbonyl (C=O) groups excluding carboxylic acids is 1. The second-order valence-corrected chi connectivity index (χ2v) is 9.85. The van der Waals surface area contributed by atoms with Gasteiger partial charge in [-0.3, -0.25) is 4.79 Å². The van der Waals surface area contributed by atoms with Crippen molar-refractivity contribution in [3.63, 3.8) is 0 Å². The van der Waals surface area contributed by atoms with Gasteiger partial charge in [-0.1, -0.05) is 20.8 Å². The third-order valence-corrected chi connectivity index (χ3v) is 8.81. The van der Waals surface area contributed by atoms with Crippen LogP contribution in [0, 0.1) is 39.9 Å². The first-order valence-corrected chi connectivity index (χ1v) is 9.48. The van der Waals surface area contributed by atoms with Gasteiger partial charge in [-0.05, 0) is 79.4 Å². The van der Waals surface area contributed by atoms with E-state index in [-0.39, 0.29) is 5.41 Å². The van der Waals surface area contributed by atoms with Crippen molar-refractivity contribution in [3.05, 3.63) is 0 Å². The van der Waals surface area contributed by atoms with Gasteiger partial charge in [0.2, 0.25) is 0 Å². The fraction of sp³-hybridized carbons (Fsp3) is 0.950. The lowest BCUT2D eigenvalue weighted by molar-refractivity contribution is -0.165. The second kappa shape index (κ2) is 4.59. The number of Topliss-reactive ketones (excluding diaryl/α,β-unsaturated/α-hetero) is 1. The molecule has 4 aliphatic carbocycles. The van der Waals surface area contributed by atoms with E-state index in [1.807, 2.05) is 0 Å². The summed E-state index contributed by atoms with van der Waals surface area (Å²) in [5, 5.41) is 9.77. The number of aliphatic hydroxyl groups excluding tert-OH is 1. The van der Waals surface area contributed by atoms with E-state index in [1.165, 1.54) is 38.5 Å². The zero-order chi connectivity index (χ0) is 15.8. The molecule has 0 aromatic carbocycles. The molecule has 0 radical (unpaired) electrons. The summed E-state index contributed by atoms with van der Waals surface area (Å²) in [6.45, 7) is 7.34. The highest BCUT2D eigenvalue weighted by Crippen LogP contribution is 2.71. The molecule has 0 saturated heterocycles.